The van der Waals surface area contributed by atoms with Crippen molar-refractivity contribution in [3.05, 3.63) is 29.8 Å². The molecular formula is C17H29NO. The fraction of sp³-hybridized carbons (Fsp3) is 0.647. The second kappa shape index (κ2) is 7.54. The van der Waals surface area contributed by atoms with Gasteiger partial charge in [-0.15, -0.1) is 0 Å². The number of rotatable bonds is 7. The zero-order valence-corrected chi connectivity index (χ0v) is 13.2. The van der Waals surface area contributed by atoms with E-state index >= 15 is 0 Å². The first-order valence-corrected chi connectivity index (χ1v) is 7.40. The molecule has 19 heavy (non-hydrogen) atoms. The van der Waals surface area contributed by atoms with Gasteiger partial charge in [0.25, 0.3) is 0 Å². The fourth-order valence-corrected chi connectivity index (χ4v) is 1.82. The van der Waals surface area contributed by atoms with Crippen LogP contribution in [0.15, 0.2) is 24.3 Å². The average Bonchev–Trinajstić information content (AvgIpc) is 2.35. The average molecular weight is 263 g/mol. The Labute approximate surface area is 118 Å². The molecule has 2 nitrogen and oxygen atoms in total. The maximum absolute atomic E-state index is 5.66. The van der Waals surface area contributed by atoms with Gasteiger partial charge in [-0.25, -0.2) is 0 Å². The third-order valence-electron chi connectivity index (χ3n) is 3.64. The van der Waals surface area contributed by atoms with Gasteiger partial charge < -0.3 is 10.1 Å². The molecule has 1 rings (SSSR count). The number of benzene rings is 1. The van der Waals surface area contributed by atoms with Gasteiger partial charge >= 0.3 is 0 Å². The third kappa shape index (κ3) is 5.65. The van der Waals surface area contributed by atoms with Gasteiger partial charge in [0.15, 0.2) is 0 Å². The van der Waals surface area contributed by atoms with Crippen LogP contribution in [0.3, 0.4) is 0 Å². The molecule has 0 saturated heterocycles. The highest BCUT2D eigenvalue weighted by atomic mass is 16.5. The zero-order valence-electron chi connectivity index (χ0n) is 13.2. The van der Waals surface area contributed by atoms with Crippen LogP contribution in [0.25, 0.3) is 0 Å². The Morgan fingerprint density at radius 2 is 1.53 bits per heavy atom. The first-order valence-electron chi connectivity index (χ1n) is 7.40. The van der Waals surface area contributed by atoms with E-state index in [0.717, 1.165) is 18.2 Å². The van der Waals surface area contributed by atoms with Crippen LogP contribution in [0.2, 0.25) is 0 Å². The third-order valence-corrected chi connectivity index (χ3v) is 3.64. The van der Waals surface area contributed by atoms with Gasteiger partial charge in [0.1, 0.15) is 5.75 Å². The molecule has 0 amide bonds. The Kier molecular flexibility index (Phi) is 6.36. The summed E-state index contributed by atoms with van der Waals surface area (Å²) in [6.45, 7) is 14.2. The lowest BCUT2D eigenvalue weighted by molar-refractivity contribution is 0.242. The second-order valence-corrected chi connectivity index (χ2v) is 6.09. The minimum atomic E-state index is 0.230. The van der Waals surface area contributed by atoms with E-state index < -0.39 is 0 Å². The van der Waals surface area contributed by atoms with Gasteiger partial charge in [0, 0.05) is 6.04 Å². The van der Waals surface area contributed by atoms with E-state index in [-0.39, 0.29) is 6.10 Å². The Bertz CT molecular complexity index is 356. The summed E-state index contributed by atoms with van der Waals surface area (Å²) in [5, 5.41) is 3.60. The lowest BCUT2D eigenvalue weighted by Gasteiger charge is -2.20. The quantitative estimate of drug-likeness (QED) is 0.786. The molecule has 1 N–H and O–H groups in total. The molecule has 0 bridgehead atoms. The standard InChI is InChI=1S/C17H29NO/c1-12(2)14(5)11-18-15(6)16-7-9-17(10-8-16)19-13(3)4/h7-10,12-15,18H,11H2,1-6H3. The van der Waals surface area contributed by atoms with Crippen LogP contribution in [-0.4, -0.2) is 12.6 Å². The van der Waals surface area contributed by atoms with Gasteiger partial charge in [0.2, 0.25) is 0 Å². The summed E-state index contributed by atoms with van der Waals surface area (Å²) in [5.74, 6) is 2.37. The van der Waals surface area contributed by atoms with E-state index in [9.17, 15) is 0 Å². The van der Waals surface area contributed by atoms with Crippen LogP contribution in [0.4, 0.5) is 0 Å². The smallest absolute Gasteiger partial charge is 0.119 e. The Morgan fingerprint density at radius 3 is 2.00 bits per heavy atom. The highest BCUT2D eigenvalue weighted by molar-refractivity contribution is 5.29. The number of ether oxygens (including phenoxy) is 1. The predicted octanol–water partition coefficient (Wildman–Crippen LogP) is 4.42. The molecule has 0 radical (unpaired) electrons. The topological polar surface area (TPSA) is 21.3 Å². The van der Waals surface area contributed by atoms with Crippen LogP contribution in [-0.2, 0) is 0 Å². The molecule has 0 aliphatic heterocycles. The number of nitrogens with one attached hydrogen (secondary N) is 1. The van der Waals surface area contributed by atoms with Crippen LogP contribution in [0.1, 0.15) is 53.1 Å². The molecule has 0 aliphatic rings. The highest BCUT2D eigenvalue weighted by Gasteiger charge is 2.10. The molecule has 2 heteroatoms. The van der Waals surface area contributed by atoms with E-state index in [2.05, 4.69) is 57.3 Å². The summed E-state index contributed by atoms with van der Waals surface area (Å²) in [5.41, 5.74) is 1.31. The summed E-state index contributed by atoms with van der Waals surface area (Å²) in [6, 6.07) is 8.79. The number of hydrogen-bond donors (Lipinski definition) is 1. The van der Waals surface area contributed by atoms with Gasteiger partial charge in [-0.2, -0.15) is 0 Å². The zero-order chi connectivity index (χ0) is 14.4. The van der Waals surface area contributed by atoms with Crippen LogP contribution in [0.5, 0.6) is 5.75 Å². The maximum atomic E-state index is 5.66. The molecule has 0 spiro atoms. The van der Waals surface area contributed by atoms with Gasteiger partial charge in [-0.05, 0) is 56.8 Å². The predicted molar refractivity (Wildman–Crippen MR) is 82.6 cm³/mol. The summed E-state index contributed by atoms with van der Waals surface area (Å²) in [7, 11) is 0. The minimum absolute atomic E-state index is 0.230. The van der Waals surface area contributed by atoms with Crippen LogP contribution < -0.4 is 10.1 Å². The van der Waals surface area contributed by atoms with Crippen molar-refractivity contribution in [1.29, 1.82) is 0 Å². The molecule has 2 unspecified atom stereocenters. The van der Waals surface area contributed by atoms with Crippen LogP contribution >= 0.6 is 0 Å². The lowest BCUT2D eigenvalue weighted by Crippen LogP contribution is -2.26. The van der Waals surface area contributed by atoms with Crippen molar-refractivity contribution < 1.29 is 4.74 Å². The largest absolute Gasteiger partial charge is 0.491 e. The van der Waals surface area contributed by atoms with E-state index in [1.54, 1.807) is 0 Å². The van der Waals surface area contributed by atoms with Crippen molar-refractivity contribution in [2.75, 3.05) is 6.54 Å². The Balaban J connectivity index is 2.50. The lowest BCUT2D eigenvalue weighted by atomic mass is 9.97. The molecule has 0 aliphatic carbocycles. The molecule has 0 heterocycles. The molecule has 108 valence electrons. The fourth-order valence-electron chi connectivity index (χ4n) is 1.82. The summed E-state index contributed by atoms with van der Waals surface area (Å²) < 4.78 is 5.66. The first kappa shape index (κ1) is 16.0. The maximum Gasteiger partial charge on any atom is 0.119 e. The van der Waals surface area contributed by atoms with Crippen molar-refractivity contribution in [2.24, 2.45) is 11.8 Å². The number of hydrogen-bond acceptors (Lipinski definition) is 2. The van der Waals surface area contributed by atoms with Gasteiger partial charge in [-0.1, -0.05) is 32.9 Å². The molecular weight excluding hydrogens is 234 g/mol. The van der Waals surface area contributed by atoms with Gasteiger partial charge in [0.05, 0.1) is 6.10 Å². The van der Waals surface area contributed by atoms with E-state index in [4.69, 9.17) is 4.74 Å². The summed E-state index contributed by atoms with van der Waals surface area (Å²) >= 11 is 0. The van der Waals surface area contributed by atoms with E-state index in [0.29, 0.717) is 12.0 Å². The second-order valence-electron chi connectivity index (χ2n) is 6.09. The van der Waals surface area contributed by atoms with Crippen molar-refractivity contribution in [2.45, 2.75) is 53.7 Å². The Morgan fingerprint density at radius 1 is 0.947 bits per heavy atom. The molecule has 0 saturated carbocycles. The molecule has 2 atom stereocenters. The molecule has 1 aromatic rings. The minimum Gasteiger partial charge on any atom is -0.491 e. The van der Waals surface area contributed by atoms with Crippen molar-refractivity contribution >= 4 is 0 Å². The summed E-state index contributed by atoms with van der Waals surface area (Å²) in [6.07, 6.45) is 0.230. The molecule has 1 aromatic carbocycles. The SMILES string of the molecule is CC(C)Oc1ccc(C(C)NCC(C)C(C)C)cc1. The first-order chi connectivity index (χ1) is 8.90. The highest BCUT2D eigenvalue weighted by Crippen LogP contribution is 2.19. The monoisotopic (exact) mass is 263 g/mol. The van der Waals surface area contributed by atoms with E-state index in [1.807, 2.05) is 13.8 Å². The van der Waals surface area contributed by atoms with Crippen molar-refractivity contribution in [3.8, 4) is 5.75 Å². The Hall–Kier alpha value is -1.02. The van der Waals surface area contributed by atoms with Crippen molar-refractivity contribution in [1.82, 2.24) is 5.32 Å². The molecule has 0 aromatic heterocycles. The molecule has 0 fully saturated rings. The van der Waals surface area contributed by atoms with Gasteiger partial charge in [-0.3, -0.25) is 0 Å². The van der Waals surface area contributed by atoms with E-state index in [1.165, 1.54) is 5.56 Å². The summed E-state index contributed by atoms with van der Waals surface area (Å²) in [4.78, 5) is 0. The van der Waals surface area contributed by atoms with Crippen molar-refractivity contribution in [3.63, 3.8) is 0 Å². The normalized spacial score (nSPS) is 14.7. The van der Waals surface area contributed by atoms with Crippen LogP contribution in [0, 0.1) is 11.8 Å².